The SMILES string of the molecule is O=C1C(=O)N(CCc2cnc[nH]2)C(c2ccc(Cl)cc2)C1=C(O)c1ccc(F)cc1. The van der Waals surface area contributed by atoms with Crippen molar-refractivity contribution in [3.8, 4) is 0 Å². The van der Waals surface area contributed by atoms with E-state index in [9.17, 15) is 19.1 Å². The van der Waals surface area contributed by atoms with E-state index in [0.29, 0.717) is 17.0 Å². The number of imidazole rings is 1. The van der Waals surface area contributed by atoms with E-state index in [4.69, 9.17) is 11.6 Å². The lowest BCUT2D eigenvalue weighted by Crippen LogP contribution is -2.31. The zero-order chi connectivity index (χ0) is 21.3. The predicted octanol–water partition coefficient (Wildman–Crippen LogP) is 3.87. The maximum absolute atomic E-state index is 13.3. The van der Waals surface area contributed by atoms with Crippen LogP contribution in [0.5, 0.6) is 0 Å². The number of amides is 1. The highest BCUT2D eigenvalue weighted by molar-refractivity contribution is 6.46. The van der Waals surface area contributed by atoms with Gasteiger partial charge in [0.15, 0.2) is 0 Å². The molecule has 1 saturated heterocycles. The molecule has 4 rings (SSSR count). The minimum Gasteiger partial charge on any atom is -0.507 e. The molecular weight excluding hydrogens is 409 g/mol. The van der Waals surface area contributed by atoms with Crippen LogP contribution < -0.4 is 0 Å². The maximum Gasteiger partial charge on any atom is 0.295 e. The number of hydrogen-bond acceptors (Lipinski definition) is 4. The summed E-state index contributed by atoms with van der Waals surface area (Å²) in [6, 6.07) is 11.0. The molecule has 30 heavy (non-hydrogen) atoms. The molecule has 8 heteroatoms. The summed E-state index contributed by atoms with van der Waals surface area (Å²) in [5.41, 5.74) is 1.65. The first kappa shape index (κ1) is 19.8. The molecule has 0 radical (unpaired) electrons. The highest BCUT2D eigenvalue weighted by Crippen LogP contribution is 2.39. The Balaban J connectivity index is 1.79. The number of hydrogen-bond donors (Lipinski definition) is 2. The van der Waals surface area contributed by atoms with Crippen molar-refractivity contribution in [2.45, 2.75) is 12.5 Å². The van der Waals surface area contributed by atoms with Crippen LogP contribution >= 0.6 is 11.6 Å². The quantitative estimate of drug-likeness (QED) is 0.369. The number of aliphatic hydroxyl groups excluding tert-OH is 1. The van der Waals surface area contributed by atoms with E-state index >= 15 is 0 Å². The Hall–Kier alpha value is -3.45. The zero-order valence-corrected chi connectivity index (χ0v) is 16.4. The lowest BCUT2D eigenvalue weighted by Gasteiger charge is -2.25. The summed E-state index contributed by atoms with van der Waals surface area (Å²) in [5, 5.41) is 11.4. The molecule has 1 fully saturated rings. The predicted molar refractivity (Wildman–Crippen MR) is 109 cm³/mol. The second-order valence-electron chi connectivity index (χ2n) is 6.88. The molecule has 1 aliphatic rings. The van der Waals surface area contributed by atoms with Crippen molar-refractivity contribution in [3.63, 3.8) is 0 Å². The van der Waals surface area contributed by atoms with Gasteiger partial charge in [0.05, 0.1) is 17.9 Å². The number of benzene rings is 2. The Morgan fingerprint density at radius 3 is 2.47 bits per heavy atom. The smallest absolute Gasteiger partial charge is 0.295 e. The van der Waals surface area contributed by atoms with E-state index in [0.717, 1.165) is 5.69 Å². The van der Waals surface area contributed by atoms with Gasteiger partial charge in [-0.2, -0.15) is 0 Å². The van der Waals surface area contributed by atoms with Crippen LogP contribution in [0.2, 0.25) is 5.02 Å². The molecule has 0 spiro atoms. The van der Waals surface area contributed by atoms with Gasteiger partial charge < -0.3 is 15.0 Å². The van der Waals surface area contributed by atoms with E-state index in [1.54, 1.807) is 30.5 Å². The Bertz CT molecular complexity index is 1110. The highest BCUT2D eigenvalue weighted by Gasteiger charge is 2.45. The molecule has 0 bridgehead atoms. The third kappa shape index (κ3) is 3.71. The molecule has 2 heterocycles. The number of Topliss-reactive ketones (excluding diaryl/α,β-unsaturated/α-hetero) is 1. The molecule has 0 aliphatic carbocycles. The van der Waals surface area contributed by atoms with E-state index < -0.39 is 23.5 Å². The number of rotatable bonds is 5. The third-order valence-corrected chi connectivity index (χ3v) is 5.27. The van der Waals surface area contributed by atoms with E-state index in [1.807, 2.05) is 0 Å². The normalized spacial score (nSPS) is 18.2. The summed E-state index contributed by atoms with van der Waals surface area (Å²) in [6.45, 7) is 0.236. The average Bonchev–Trinajstić information content (AvgIpc) is 3.34. The van der Waals surface area contributed by atoms with Crippen molar-refractivity contribution < 1.29 is 19.1 Å². The first-order chi connectivity index (χ1) is 14.5. The van der Waals surface area contributed by atoms with Gasteiger partial charge in [-0.15, -0.1) is 0 Å². The summed E-state index contributed by atoms with van der Waals surface area (Å²) in [5.74, 6) is -2.32. The average molecular weight is 426 g/mol. The molecule has 2 aromatic carbocycles. The lowest BCUT2D eigenvalue weighted by atomic mass is 9.95. The van der Waals surface area contributed by atoms with E-state index in [1.165, 1.54) is 35.5 Å². The molecule has 1 atom stereocenters. The number of halogens is 2. The molecule has 1 aromatic heterocycles. The van der Waals surface area contributed by atoms with Crippen molar-refractivity contribution in [1.82, 2.24) is 14.9 Å². The van der Waals surface area contributed by atoms with Gasteiger partial charge in [0.1, 0.15) is 11.6 Å². The van der Waals surface area contributed by atoms with Crippen LogP contribution in [0, 0.1) is 5.82 Å². The number of nitrogens with zero attached hydrogens (tertiary/aromatic N) is 2. The Kier molecular flexibility index (Phi) is 5.37. The van der Waals surface area contributed by atoms with E-state index in [-0.39, 0.29) is 23.4 Å². The van der Waals surface area contributed by atoms with Crippen LogP contribution in [0.25, 0.3) is 5.76 Å². The van der Waals surface area contributed by atoms with Crippen molar-refractivity contribution in [3.05, 3.63) is 94.3 Å². The third-order valence-electron chi connectivity index (χ3n) is 5.02. The fourth-order valence-electron chi connectivity index (χ4n) is 3.53. The Morgan fingerprint density at radius 2 is 1.83 bits per heavy atom. The van der Waals surface area contributed by atoms with Crippen molar-refractivity contribution in [1.29, 1.82) is 0 Å². The van der Waals surface area contributed by atoms with Gasteiger partial charge in [-0.25, -0.2) is 9.37 Å². The monoisotopic (exact) mass is 425 g/mol. The minimum absolute atomic E-state index is 0.0430. The van der Waals surface area contributed by atoms with Gasteiger partial charge in [0.2, 0.25) is 0 Å². The number of H-pyrrole nitrogens is 1. The van der Waals surface area contributed by atoms with Gasteiger partial charge in [-0.1, -0.05) is 23.7 Å². The molecule has 1 amide bonds. The van der Waals surface area contributed by atoms with Gasteiger partial charge >= 0.3 is 0 Å². The Labute approximate surface area is 176 Å². The van der Waals surface area contributed by atoms with Crippen LogP contribution in [0.1, 0.15) is 22.9 Å². The van der Waals surface area contributed by atoms with E-state index in [2.05, 4.69) is 9.97 Å². The number of likely N-dealkylation sites (tertiary alicyclic amines) is 1. The molecule has 6 nitrogen and oxygen atoms in total. The van der Waals surface area contributed by atoms with Crippen molar-refractivity contribution in [2.75, 3.05) is 6.54 Å². The molecule has 3 aromatic rings. The molecule has 2 N–H and O–H groups in total. The fourth-order valence-corrected chi connectivity index (χ4v) is 3.65. The maximum atomic E-state index is 13.3. The van der Waals surface area contributed by atoms with Crippen LogP contribution in [-0.2, 0) is 16.0 Å². The fraction of sp³-hybridized carbons (Fsp3) is 0.136. The molecule has 152 valence electrons. The van der Waals surface area contributed by atoms with Crippen LogP contribution in [-0.4, -0.2) is 38.2 Å². The second kappa shape index (κ2) is 8.12. The number of carbonyl (C=O) groups is 2. The van der Waals surface area contributed by atoms with Crippen LogP contribution in [0.4, 0.5) is 4.39 Å². The van der Waals surface area contributed by atoms with Gasteiger partial charge in [-0.05, 0) is 42.0 Å². The topological polar surface area (TPSA) is 86.3 Å². The second-order valence-corrected chi connectivity index (χ2v) is 7.31. The number of aromatic amines is 1. The molecule has 0 saturated carbocycles. The lowest BCUT2D eigenvalue weighted by molar-refractivity contribution is -0.139. The number of aromatic nitrogens is 2. The molecule has 1 unspecified atom stereocenters. The number of nitrogens with one attached hydrogen (secondary N) is 1. The Morgan fingerprint density at radius 1 is 1.13 bits per heavy atom. The van der Waals surface area contributed by atoms with Crippen LogP contribution in [0.3, 0.4) is 0 Å². The number of aliphatic hydroxyl groups is 1. The zero-order valence-electron chi connectivity index (χ0n) is 15.7. The summed E-state index contributed by atoms with van der Waals surface area (Å²) in [7, 11) is 0. The standard InChI is InChI=1S/C22H17ClFN3O3/c23-15-5-1-13(2-6-15)19-18(20(28)14-3-7-16(24)8-4-14)21(29)22(30)27(19)10-9-17-11-25-12-26-17/h1-8,11-12,19,28H,9-10H2,(H,25,26). The largest absolute Gasteiger partial charge is 0.507 e. The number of carbonyl (C=O) groups excluding carboxylic acids is 2. The highest BCUT2D eigenvalue weighted by atomic mass is 35.5. The summed E-state index contributed by atoms with van der Waals surface area (Å²) in [4.78, 5) is 34.1. The molecule has 1 aliphatic heterocycles. The van der Waals surface area contributed by atoms with Gasteiger partial charge in [-0.3, -0.25) is 9.59 Å². The first-order valence-corrected chi connectivity index (χ1v) is 9.60. The van der Waals surface area contributed by atoms with Crippen molar-refractivity contribution >= 4 is 29.1 Å². The van der Waals surface area contributed by atoms with Crippen molar-refractivity contribution in [2.24, 2.45) is 0 Å². The number of ketones is 1. The molecular formula is C22H17ClFN3O3. The van der Waals surface area contributed by atoms with Gasteiger partial charge in [0.25, 0.3) is 11.7 Å². The van der Waals surface area contributed by atoms with Crippen LogP contribution in [0.15, 0.2) is 66.6 Å². The summed E-state index contributed by atoms with van der Waals surface area (Å²) >= 11 is 5.99. The summed E-state index contributed by atoms with van der Waals surface area (Å²) in [6.07, 6.45) is 3.63. The summed E-state index contributed by atoms with van der Waals surface area (Å²) < 4.78 is 13.3. The van der Waals surface area contributed by atoms with Gasteiger partial charge in [0, 0.05) is 35.4 Å². The minimum atomic E-state index is -0.796. The first-order valence-electron chi connectivity index (χ1n) is 9.23.